The Balaban J connectivity index is 1.82. The van der Waals surface area contributed by atoms with E-state index in [4.69, 9.17) is 5.73 Å². The predicted octanol–water partition coefficient (Wildman–Crippen LogP) is 1.19. The number of benzene rings is 1. The molecule has 0 saturated carbocycles. The van der Waals surface area contributed by atoms with Crippen LogP contribution >= 0.6 is 0 Å². The molecule has 0 bridgehead atoms. The standard InChI is InChI=1S/C14H20FN3O2/c15-12-4-3-10(16)8-13(12)17-14(20)5-7-18-6-1-2-11(19)9-18/h3-4,8,11,19H,1-2,5-7,9,16H2,(H,17,20). The number of hydrogen-bond donors (Lipinski definition) is 3. The number of carbonyl (C=O) groups excluding carboxylic acids is 1. The van der Waals surface area contributed by atoms with Crippen molar-refractivity contribution in [3.63, 3.8) is 0 Å². The van der Waals surface area contributed by atoms with E-state index in [1.54, 1.807) is 0 Å². The predicted molar refractivity (Wildman–Crippen MR) is 75.7 cm³/mol. The maximum absolute atomic E-state index is 13.5. The average molecular weight is 281 g/mol. The second-order valence-electron chi connectivity index (χ2n) is 5.13. The number of rotatable bonds is 4. The first kappa shape index (κ1) is 14.7. The zero-order chi connectivity index (χ0) is 14.5. The molecular weight excluding hydrogens is 261 g/mol. The van der Waals surface area contributed by atoms with E-state index in [0.717, 1.165) is 19.4 Å². The van der Waals surface area contributed by atoms with Gasteiger partial charge >= 0.3 is 0 Å². The summed E-state index contributed by atoms with van der Waals surface area (Å²) in [6.07, 6.45) is 1.71. The van der Waals surface area contributed by atoms with E-state index in [0.29, 0.717) is 18.8 Å². The molecule has 1 aromatic rings. The number of β-amino-alcohol motifs (C(OH)–C–C–N with tert-alkyl or cyclic N) is 1. The molecule has 1 unspecified atom stereocenters. The van der Waals surface area contributed by atoms with Gasteiger partial charge in [-0.25, -0.2) is 4.39 Å². The monoisotopic (exact) mass is 281 g/mol. The highest BCUT2D eigenvalue weighted by molar-refractivity contribution is 5.91. The molecule has 20 heavy (non-hydrogen) atoms. The lowest BCUT2D eigenvalue weighted by Crippen LogP contribution is -2.39. The number of likely N-dealkylation sites (tertiary alicyclic amines) is 1. The molecule has 1 amide bonds. The van der Waals surface area contributed by atoms with Crippen molar-refractivity contribution in [2.24, 2.45) is 0 Å². The van der Waals surface area contributed by atoms with Crippen molar-refractivity contribution in [3.8, 4) is 0 Å². The van der Waals surface area contributed by atoms with Gasteiger partial charge in [-0.3, -0.25) is 4.79 Å². The van der Waals surface area contributed by atoms with E-state index >= 15 is 0 Å². The zero-order valence-electron chi connectivity index (χ0n) is 11.3. The molecule has 1 aliphatic rings. The molecule has 1 heterocycles. The van der Waals surface area contributed by atoms with Crippen molar-refractivity contribution in [2.45, 2.75) is 25.4 Å². The van der Waals surface area contributed by atoms with Crippen molar-refractivity contribution < 1.29 is 14.3 Å². The molecule has 1 aromatic carbocycles. The molecule has 2 rings (SSSR count). The van der Waals surface area contributed by atoms with Gasteiger partial charge in [0.05, 0.1) is 11.8 Å². The fourth-order valence-electron chi connectivity index (χ4n) is 2.35. The van der Waals surface area contributed by atoms with Crippen LogP contribution in [0.15, 0.2) is 18.2 Å². The van der Waals surface area contributed by atoms with Crippen molar-refractivity contribution in [1.29, 1.82) is 0 Å². The summed E-state index contributed by atoms with van der Waals surface area (Å²) >= 11 is 0. The number of amides is 1. The van der Waals surface area contributed by atoms with Crippen LogP contribution in [0.2, 0.25) is 0 Å². The number of nitrogens with two attached hydrogens (primary N) is 1. The summed E-state index contributed by atoms with van der Waals surface area (Å²) < 4.78 is 13.5. The van der Waals surface area contributed by atoms with Gasteiger partial charge in [0.15, 0.2) is 0 Å². The van der Waals surface area contributed by atoms with Crippen LogP contribution in [0.1, 0.15) is 19.3 Å². The minimum absolute atomic E-state index is 0.105. The smallest absolute Gasteiger partial charge is 0.225 e. The Bertz CT molecular complexity index is 481. The van der Waals surface area contributed by atoms with Crippen LogP contribution in [0.3, 0.4) is 0 Å². The molecule has 0 radical (unpaired) electrons. The number of carbonyl (C=O) groups is 1. The molecule has 1 saturated heterocycles. The summed E-state index contributed by atoms with van der Waals surface area (Å²) in [7, 11) is 0. The Morgan fingerprint density at radius 2 is 2.35 bits per heavy atom. The minimum Gasteiger partial charge on any atom is -0.399 e. The van der Waals surface area contributed by atoms with E-state index in [1.165, 1.54) is 18.2 Å². The second-order valence-corrected chi connectivity index (χ2v) is 5.13. The lowest BCUT2D eigenvalue weighted by atomic mass is 10.1. The number of piperidine rings is 1. The first-order chi connectivity index (χ1) is 9.54. The van der Waals surface area contributed by atoms with E-state index in [2.05, 4.69) is 5.32 Å². The first-order valence-corrected chi connectivity index (χ1v) is 6.80. The number of nitrogens with zero attached hydrogens (tertiary/aromatic N) is 1. The molecule has 0 aliphatic carbocycles. The number of nitrogens with one attached hydrogen (secondary N) is 1. The zero-order valence-corrected chi connectivity index (χ0v) is 11.3. The largest absolute Gasteiger partial charge is 0.399 e. The van der Waals surface area contributed by atoms with Crippen LogP contribution in [-0.2, 0) is 4.79 Å². The van der Waals surface area contributed by atoms with E-state index in [-0.39, 0.29) is 24.1 Å². The normalized spacial score (nSPS) is 19.8. The Labute approximate surface area is 117 Å². The van der Waals surface area contributed by atoms with Crippen LogP contribution < -0.4 is 11.1 Å². The maximum Gasteiger partial charge on any atom is 0.225 e. The molecule has 1 aliphatic heterocycles. The summed E-state index contributed by atoms with van der Waals surface area (Å²) in [6.45, 7) is 2.05. The summed E-state index contributed by atoms with van der Waals surface area (Å²) in [5.41, 5.74) is 6.06. The molecule has 6 heteroatoms. The van der Waals surface area contributed by atoms with Crippen LogP contribution in [0, 0.1) is 5.82 Å². The molecular formula is C14H20FN3O2. The number of halogens is 1. The van der Waals surface area contributed by atoms with Crippen LogP contribution in [0.5, 0.6) is 0 Å². The summed E-state index contributed by atoms with van der Waals surface area (Å²) in [4.78, 5) is 13.8. The van der Waals surface area contributed by atoms with Gasteiger partial charge in [0.2, 0.25) is 5.91 Å². The van der Waals surface area contributed by atoms with Gasteiger partial charge < -0.3 is 21.1 Å². The number of hydrogen-bond acceptors (Lipinski definition) is 4. The van der Waals surface area contributed by atoms with Gasteiger partial charge in [-0.15, -0.1) is 0 Å². The van der Waals surface area contributed by atoms with Gasteiger partial charge in [0.1, 0.15) is 5.82 Å². The van der Waals surface area contributed by atoms with Gasteiger partial charge in [-0.2, -0.15) is 0 Å². The van der Waals surface area contributed by atoms with E-state index in [9.17, 15) is 14.3 Å². The molecule has 5 nitrogen and oxygen atoms in total. The highest BCUT2D eigenvalue weighted by Crippen LogP contribution is 2.17. The van der Waals surface area contributed by atoms with Crippen LogP contribution in [0.25, 0.3) is 0 Å². The summed E-state index contributed by atoms with van der Waals surface area (Å²) in [5, 5.41) is 12.1. The molecule has 1 atom stereocenters. The number of anilines is 2. The van der Waals surface area contributed by atoms with Crippen LogP contribution in [0.4, 0.5) is 15.8 Å². The Morgan fingerprint density at radius 1 is 1.55 bits per heavy atom. The molecule has 4 N–H and O–H groups in total. The maximum atomic E-state index is 13.5. The third-order valence-corrected chi connectivity index (χ3v) is 3.40. The lowest BCUT2D eigenvalue weighted by molar-refractivity contribution is -0.116. The van der Waals surface area contributed by atoms with Gasteiger partial charge in [-0.1, -0.05) is 0 Å². The second kappa shape index (κ2) is 6.67. The lowest BCUT2D eigenvalue weighted by Gasteiger charge is -2.29. The first-order valence-electron chi connectivity index (χ1n) is 6.80. The van der Waals surface area contributed by atoms with Crippen molar-refractivity contribution in [1.82, 2.24) is 4.90 Å². The SMILES string of the molecule is Nc1ccc(F)c(NC(=O)CCN2CCCC(O)C2)c1. The number of aliphatic hydroxyl groups excluding tert-OH is 1. The number of aliphatic hydroxyl groups is 1. The summed E-state index contributed by atoms with van der Waals surface area (Å²) in [6, 6.07) is 4.07. The third kappa shape index (κ3) is 4.18. The number of nitrogen functional groups attached to an aromatic ring is 1. The Kier molecular flexibility index (Phi) is 4.92. The fraction of sp³-hybridized carbons (Fsp3) is 0.500. The van der Waals surface area contributed by atoms with Gasteiger partial charge in [-0.05, 0) is 37.6 Å². The molecule has 1 fully saturated rings. The topological polar surface area (TPSA) is 78.6 Å². The van der Waals surface area contributed by atoms with Crippen molar-refractivity contribution in [3.05, 3.63) is 24.0 Å². The fourth-order valence-corrected chi connectivity index (χ4v) is 2.35. The minimum atomic E-state index is -0.499. The van der Waals surface area contributed by atoms with Crippen molar-refractivity contribution in [2.75, 3.05) is 30.7 Å². The van der Waals surface area contributed by atoms with E-state index < -0.39 is 5.82 Å². The third-order valence-electron chi connectivity index (χ3n) is 3.40. The van der Waals surface area contributed by atoms with Gasteiger partial charge in [0, 0.05) is 25.2 Å². The highest BCUT2D eigenvalue weighted by atomic mass is 19.1. The summed E-state index contributed by atoms with van der Waals surface area (Å²) in [5.74, 6) is -0.754. The molecule has 0 aromatic heterocycles. The molecule has 110 valence electrons. The van der Waals surface area contributed by atoms with Gasteiger partial charge in [0.25, 0.3) is 0 Å². The average Bonchev–Trinajstić information content (AvgIpc) is 2.41. The quantitative estimate of drug-likeness (QED) is 0.724. The Morgan fingerprint density at radius 3 is 3.10 bits per heavy atom. The molecule has 0 spiro atoms. The van der Waals surface area contributed by atoms with Crippen molar-refractivity contribution >= 4 is 17.3 Å². The Hall–Kier alpha value is -1.66. The van der Waals surface area contributed by atoms with Crippen LogP contribution in [-0.4, -0.2) is 41.7 Å². The van der Waals surface area contributed by atoms with E-state index in [1.807, 2.05) is 4.90 Å². The highest BCUT2D eigenvalue weighted by Gasteiger charge is 2.18.